The summed E-state index contributed by atoms with van der Waals surface area (Å²) in [5.74, 6) is 0.757. The van der Waals surface area contributed by atoms with Crippen LogP contribution in [0.3, 0.4) is 0 Å². The van der Waals surface area contributed by atoms with Gasteiger partial charge in [0.05, 0.1) is 7.11 Å². The van der Waals surface area contributed by atoms with Crippen molar-refractivity contribution >= 4 is 17.6 Å². The molecule has 2 N–H and O–H groups in total. The summed E-state index contributed by atoms with van der Waals surface area (Å²) in [6.45, 7) is 1.46. The fourth-order valence-corrected chi connectivity index (χ4v) is 3.69. The molecular weight excluding hydrogens is 390 g/mol. The number of amides is 3. The molecule has 3 amide bonds. The van der Waals surface area contributed by atoms with Crippen molar-refractivity contribution in [1.29, 1.82) is 0 Å². The number of urea groups is 1. The van der Waals surface area contributed by atoms with Gasteiger partial charge in [0.2, 0.25) is 0 Å². The van der Waals surface area contributed by atoms with Crippen LogP contribution in [0, 0.1) is 0 Å². The summed E-state index contributed by atoms with van der Waals surface area (Å²) in [7, 11) is 1.62. The van der Waals surface area contributed by atoms with Crippen molar-refractivity contribution in [2.24, 2.45) is 0 Å². The van der Waals surface area contributed by atoms with Crippen molar-refractivity contribution in [2.75, 3.05) is 18.6 Å². The Morgan fingerprint density at radius 3 is 2.39 bits per heavy atom. The van der Waals surface area contributed by atoms with Crippen LogP contribution in [0.5, 0.6) is 5.75 Å². The van der Waals surface area contributed by atoms with Crippen molar-refractivity contribution in [3.05, 3.63) is 95.1 Å². The highest BCUT2D eigenvalue weighted by molar-refractivity contribution is 6.07. The zero-order chi connectivity index (χ0) is 21.6. The number of methoxy groups -OCH3 is 1. The lowest BCUT2D eigenvalue weighted by Gasteiger charge is -2.18. The van der Waals surface area contributed by atoms with Gasteiger partial charge in [-0.1, -0.05) is 42.5 Å². The largest absolute Gasteiger partial charge is 0.497 e. The summed E-state index contributed by atoms with van der Waals surface area (Å²) in [6, 6.07) is 22.7. The summed E-state index contributed by atoms with van der Waals surface area (Å²) in [5.41, 5.74) is 4.65. The highest BCUT2D eigenvalue weighted by Gasteiger charge is 2.25. The van der Waals surface area contributed by atoms with Crippen LogP contribution in [0.25, 0.3) is 0 Å². The second-order valence-corrected chi connectivity index (χ2v) is 7.42. The molecule has 31 heavy (non-hydrogen) atoms. The number of hydrogen-bond acceptors (Lipinski definition) is 3. The molecule has 0 saturated heterocycles. The van der Waals surface area contributed by atoms with Crippen LogP contribution in [0.2, 0.25) is 0 Å². The first kappa shape index (κ1) is 20.5. The van der Waals surface area contributed by atoms with Gasteiger partial charge >= 0.3 is 6.03 Å². The maximum Gasteiger partial charge on any atom is 0.315 e. The van der Waals surface area contributed by atoms with E-state index in [2.05, 4.69) is 10.6 Å². The minimum Gasteiger partial charge on any atom is -0.497 e. The second kappa shape index (κ2) is 9.34. The summed E-state index contributed by atoms with van der Waals surface area (Å²) in [5, 5.41) is 5.73. The number of fused-ring (bicyclic) bond motifs is 1. The predicted octanol–water partition coefficient (Wildman–Crippen LogP) is 3.90. The molecule has 158 valence electrons. The minimum absolute atomic E-state index is 0.000455. The molecule has 0 unspecified atom stereocenters. The van der Waals surface area contributed by atoms with Gasteiger partial charge in [-0.3, -0.25) is 4.79 Å². The van der Waals surface area contributed by atoms with Crippen LogP contribution >= 0.6 is 0 Å². The van der Waals surface area contributed by atoms with Gasteiger partial charge in [-0.25, -0.2) is 4.79 Å². The maximum absolute atomic E-state index is 12.9. The maximum atomic E-state index is 12.9. The molecule has 1 aliphatic rings. The van der Waals surface area contributed by atoms with E-state index in [9.17, 15) is 9.59 Å². The van der Waals surface area contributed by atoms with Crippen molar-refractivity contribution in [1.82, 2.24) is 10.6 Å². The van der Waals surface area contributed by atoms with Crippen LogP contribution in [0.4, 0.5) is 10.5 Å². The number of carbonyl (C=O) groups is 2. The molecule has 1 heterocycles. The number of nitrogens with zero attached hydrogens (tertiary/aromatic N) is 1. The van der Waals surface area contributed by atoms with E-state index in [4.69, 9.17) is 4.74 Å². The Balaban J connectivity index is 1.36. The third-order valence-electron chi connectivity index (χ3n) is 5.35. The fraction of sp³-hybridized carbons (Fsp3) is 0.200. The first-order valence-electron chi connectivity index (χ1n) is 10.3. The summed E-state index contributed by atoms with van der Waals surface area (Å²) in [4.78, 5) is 26.9. The number of carbonyl (C=O) groups excluding carboxylic acids is 2. The van der Waals surface area contributed by atoms with E-state index >= 15 is 0 Å². The molecule has 0 saturated carbocycles. The minimum atomic E-state index is -0.250. The lowest BCUT2D eigenvalue weighted by Crippen LogP contribution is -2.34. The molecule has 0 bridgehead atoms. The molecule has 3 aromatic rings. The molecule has 0 atom stereocenters. The summed E-state index contributed by atoms with van der Waals surface area (Å²) < 4.78 is 5.20. The van der Waals surface area contributed by atoms with E-state index in [1.165, 1.54) is 0 Å². The predicted molar refractivity (Wildman–Crippen MR) is 120 cm³/mol. The highest BCUT2D eigenvalue weighted by atomic mass is 16.5. The molecule has 0 radical (unpaired) electrons. The van der Waals surface area contributed by atoms with Crippen molar-refractivity contribution in [3.8, 4) is 5.75 Å². The monoisotopic (exact) mass is 415 g/mol. The highest BCUT2D eigenvalue weighted by Crippen LogP contribution is 2.30. The third-order valence-corrected chi connectivity index (χ3v) is 5.35. The molecule has 3 aromatic carbocycles. The average Bonchev–Trinajstić information content (AvgIpc) is 3.25. The van der Waals surface area contributed by atoms with Crippen molar-refractivity contribution < 1.29 is 14.3 Å². The Kier molecular flexibility index (Phi) is 6.17. The van der Waals surface area contributed by atoms with E-state index < -0.39 is 0 Å². The first-order valence-corrected chi connectivity index (χ1v) is 10.3. The quantitative estimate of drug-likeness (QED) is 0.642. The molecule has 6 nitrogen and oxygen atoms in total. The van der Waals surface area contributed by atoms with Crippen LogP contribution < -0.4 is 20.3 Å². The summed E-state index contributed by atoms with van der Waals surface area (Å²) in [6.07, 6.45) is 0.836. The van der Waals surface area contributed by atoms with Gasteiger partial charge in [0.15, 0.2) is 0 Å². The molecule has 4 rings (SSSR count). The van der Waals surface area contributed by atoms with Crippen molar-refractivity contribution in [2.45, 2.75) is 19.5 Å². The van der Waals surface area contributed by atoms with E-state index in [1.807, 2.05) is 77.7 Å². The fourth-order valence-electron chi connectivity index (χ4n) is 3.69. The topological polar surface area (TPSA) is 70.7 Å². The van der Waals surface area contributed by atoms with E-state index in [1.54, 1.807) is 7.11 Å². The molecule has 6 heteroatoms. The van der Waals surface area contributed by atoms with Gasteiger partial charge in [-0.2, -0.15) is 0 Å². The van der Waals surface area contributed by atoms with Gasteiger partial charge in [0.1, 0.15) is 5.75 Å². The number of ether oxygens (including phenoxy) is 1. The van der Waals surface area contributed by atoms with Crippen molar-refractivity contribution in [3.63, 3.8) is 0 Å². The van der Waals surface area contributed by atoms with Crippen LogP contribution in [0.15, 0.2) is 72.8 Å². The Hall–Kier alpha value is -3.80. The van der Waals surface area contributed by atoms with Gasteiger partial charge in [0.25, 0.3) is 5.91 Å². The second-order valence-electron chi connectivity index (χ2n) is 7.42. The van der Waals surface area contributed by atoms with E-state index in [0.717, 1.165) is 34.5 Å². The summed E-state index contributed by atoms with van der Waals surface area (Å²) >= 11 is 0. The van der Waals surface area contributed by atoms with E-state index in [-0.39, 0.29) is 11.9 Å². The zero-order valence-electron chi connectivity index (χ0n) is 17.4. The van der Waals surface area contributed by atoms with Gasteiger partial charge in [0, 0.05) is 30.9 Å². The molecule has 0 fully saturated rings. The van der Waals surface area contributed by atoms with E-state index in [0.29, 0.717) is 25.2 Å². The van der Waals surface area contributed by atoms with Gasteiger partial charge in [-0.15, -0.1) is 0 Å². The zero-order valence-corrected chi connectivity index (χ0v) is 17.4. The molecule has 0 aromatic heterocycles. The lowest BCUT2D eigenvalue weighted by molar-refractivity contribution is 0.0989. The average molecular weight is 415 g/mol. The lowest BCUT2D eigenvalue weighted by atomic mass is 10.1. The number of benzene rings is 3. The smallest absolute Gasteiger partial charge is 0.315 e. The normalized spacial score (nSPS) is 12.2. The molecule has 0 spiro atoms. The molecular formula is C25H25N3O3. The first-order chi connectivity index (χ1) is 15.1. The number of rotatable bonds is 6. The molecule has 0 aliphatic carbocycles. The Morgan fingerprint density at radius 2 is 1.65 bits per heavy atom. The molecule has 1 aliphatic heterocycles. The third kappa shape index (κ3) is 4.86. The van der Waals surface area contributed by atoms with Gasteiger partial charge < -0.3 is 20.3 Å². The SMILES string of the molecule is COc1cccc(CNC(=O)NCc2ccc3c(c2)N(C(=O)c2ccccc2)CC3)c1. The standard InChI is InChI=1S/C25H25N3O3/c1-31-22-9-5-6-18(14-22)16-26-25(30)27-17-19-10-11-20-12-13-28(23(20)15-19)24(29)21-7-3-2-4-8-21/h2-11,14-15H,12-13,16-17H2,1H3,(H2,26,27,30). The Morgan fingerprint density at radius 1 is 0.903 bits per heavy atom. The number of nitrogens with one attached hydrogen (secondary N) is 2. The van der Waals surface area contributed by atoms with Crippen LogP contribution in [-0.2, 0) is 19.5 Å². The Bertz CT molecular complexity index is 1080. The van der Waals surface area contributed by atoms with Crippen LogP contribution in [-0.4, -0.2) is 25.6 Å². The van der Waals surface area contributed by atoms with Gasteiger partial charge in [-0.05, 0) is 53.4 Å². The number of hydrogen-bond donors (Lipinski definition) is 2. The number of anilines is 1. The Labute approximate surface area is 181 Å². The van der Waals surface area contributed by atoms with Crippen LogP contribution in [0.1, 0.15) is 27.0 Å².